The number of ether oxygens (including phenoxy) is 8. The molecular formula is C54H91N7O23S. The van der Waals surface area contributed by atoms with Crippen molar-refractivity contribution in [2.75, 3.05) is 86.1 Å². The van der Waals surface area contributed by atoms with Gasteiger partial charge in [0.05, 0.1) is 89.3 Å². The van der Waals surface area contributed by atoms with Gasteiger partial charge in [-0.1, -0.05) is 50.7 Å². The van der Waals surface area contributed by atoms with Crippen LogP contribution in [0.5, 0.6) is 0 Å². The van der Waals surface area contributed by atoms with Gasteiger partial charge in [-0.25, -0.2) is 4.18 Å². The minimum absolute atomic E-state index is 0.0250. The second kappa shape index (κ2) is 34.1. The van der Waals surface area contributed by atoms with Crippen LogP contribution in [0.1, 0.15) is 115 Å². The summed E-state index contributed by atoms with van der Waals surface area (Å²) in [6.45, 7) is 4.29. The van der Waals surface area contributed by atoms with Crippen molar-refractivity contribution in [3.63, 3.8) is 0 Å². The molecule has 1 aromatic rings. The highest BCUT2D eigenvalue weighted by Crippen LogP contribution is 2.41. The number of hydrogen-bond donors (Lipinski definition) is 10. The largest absolute Gasteiger partial charge is 0.397 e. The topological polar surface area (TPSA) is 414 Å². The number of carbonyl (C=O) groups is 5. The number of aliphatic hydroxyl groups excluding tert-OH is 6. The Morgan fingerprint density at radius 1 is 0.847 bits per heavy atom. The molecule has 16 atom stereocenters. The predicted octanol–water partition coefficient (Wildman–Crippen LogP) is -2.09. The third-order valence-corrected chi connectivity index (χ3v) is 16.9. The van der Waals surface area contributed by atoms with Gasteiger partial charge in [-0.2, -0.15) is 8.42 Å². The fourth-order valence-corrected chi connectivity index (χ4v) is 12.0. The molecule has 0 bridgehead atoms. The third-order valence-electron chi connectivity index (χ3n) is 16.5. The zero-order valence-electron chi connectivity index (χ0n) is 49.1. The Labute approximate surface area is 495 Å². The third kappa shape index (κ3) is 20.8. The second-order valence-electron chi connectivity index (χ2n) is 23.0. The lowest BCUT2D eigenvalue weighted by molar-refractivity contribution is -0.338. The molecule has 85 heavy (non-hydrogen) atoms. The van der Waals surface area contributed by atoms with Crippen molar-refractivity contribution in [2.45, 2.75) is 190 Å². The number of ketones is 1. The highest BCUT2D eigenvalue weighted by Gasteiger charge is 2.53. The molecule has 1 aromatic heterocycles. The first kappa shape index (κ1) is 70.1. The summed E-state index contributed by atoms with van der Waals surface area (Å²) in [7, 11) is -3.48. The van der Waals surface area contributed by atoms with E-state index in [1.54, 1.807) is 4.90 Å². The van der Waals surface area contributed by atoms with Gasteiger partial charge < -0.3 is 89.4 Å². The second-order valence-corrected chi connectivity index (χ2v) is 24.1. The van der Waals surface area contributed by atoms with Crippen LogP contribution in [0.25, 0.3) is 0 Å². The number of aromatic nitrogens is 3. The Morgan fingerprint density at radius 2 is 1.58 bits per heavy atom. The van der Waals surface area contributed by atoms with Gasteiger partial charge in [0.1, 0.15) is 54.6 Å². The number of likely N-dealkylation sites (tertiary alicyclic amines) is 1. The predicted molar refractivity (Wildman–Crippen MR) is 294 cm³/mol. The molecule has 486 valence electrons. The van der Waals surface area contributed by atoms with Crippen molar-refractivity contribution >= 4 is 39.8 Å². The summed E-state index contributed by atoms with van der Waals surface area (Å²) >= 11 is 0. The van der Waals surface area contributed by atoms with Crippen LogP contribution in [0.4, 0.5) is 0 Å². The molecule has 0 radical (unpaired) electrons. The van der Waals surface area contributed by atoms with Gasteiger partial charge in [0.2, 0.25) is 11.8 Å². The van der Waals surface area contributed by atoms with Crippen LogP contribution in [0.3, 0.4) is 0 Å². The van der Waals surface area contributed by atoms with Gasteiger partial charge in [0.25, 0.3) is 11.8 Å². The van der Waals surface area contributed by atoms with E-state index < -0.39 is 139 Å². The van der Waals surface area contributed by atoms with Crippen LogP contribution in [0.15, 0.2) is 6.20 Å². The van der Waals surface area contributed by atoms with E-state index in [-0.39, 0.29) is 101 Å². The molecule has 0 aromatic carbocycles. The van der Waals surface area contributed by atoms with Gasteiger partial charge in [0.15, 0.2) is 18.3 Å². The Bertz CT molecular complexity index is 2370. The first-order valence-corrected chi connectivity index (χ1v) is 31.0. The van der Waals surface area contributed by atoms with Gasteiger partial charge in [-0.15, -0.1) is 5.10 Å². The summed E-state index contributed by atoms with van der Waals surface area (Å²) in [5.74, 6) is -2.64. The van der Waals surface area contributed by atoms with Gasteiger partial charge >= 0.3 is 10.4 Å². The quantitative estimate of drug-likeness (QED) is 0.0257. The fourth-order valence-electron chi connectivity index (χ4n) is 11.6. The summed E-state index contributed by atoms with van der Waals surface area (Å²) in [4.78, 5) is 68.3. The van der Waals surface area contributed by atoms with E-state index in [9.17, 15) is 63.0 Å². The molecule has 3 saturated heterocycles. The fraction of sp³-hybridized carbons (Fsp3) is 0.870. The maximum Gasteiger partial charge on any atom is 0.397 e. The monoisotopic (exact) mass is 1240 g/mol. The van der Waals surface area contributed by atoms with Crippen LogP contribution in [-0.2, 0) is 78.2 Å². The van der Waals surface area contributed by atoms with Gasteiger partial charge in [0, 0.05) is 59.0 Å². The zero-order valence-corrected chi connectivity index (χ0v) is 49.9. The first-order chi connectivity index (χ1) is 40.6. The number of methoxy groups -OCH3 is 1. The molecule has 31 heteroatoms. The molecule has 0 spiro atoms. The molecule has 7 unspecified atom stereocenters. The smallest absolute Gasteiger partial charge is 0.396 e. The average molecular weight is 1240 g/mol. The number of hydrogen-bond acceptors (Lipinski definition) is 24. The average Bonchev–Trinajstić information content (AvgIpc) is 2.73. The SMILES string of the molecule is CCC1CC(C(=O)CCCNC(=O)CCOCCOCCNC(=O)c2cn(CC(CO)(COC)COS(=O)(=O)O)nn2)C[C@@H](O[C@@H]2O[C@@H](CO)[C@H](O)C(O[C@@H](CC3CCCCC3)C(=O)N3CCC3)C2NC(C)=O)[C@@H]1O[C@@H]1OC(C)[C@@H](O)[C@H](O)C1O. The molecule has 5 fully saturated rings. The Hall–Kier alpha value is -4.00. The Kier molecular flexibility index (Phi) is 28.1. The van der Waals surface area contributed by atoms with Crippen LogP contribution in [-0.4, -0.2) is 259 Å². The Morgan fingerprint density at radius 3 is 2.22 bits per heavy atom. The van der Waals surface area contributed by atoms with Crippen LogP contribution < -0.4 is 16.0 Å². The summed E-state index contributed by atoms with van der Waals surface area (Å²) in [5.41, 5.74) is -1.41. The molecule has 10 N–H and O–H groups in total. The van der Waals surface area contributed by atoms with Crippen molar-refractivity contribution in [3.8, 4) is 0 Å². The zero-order chi connectivity index (χ0) is 61.8. The van der Waals surface area contributed by atoms with Crippen LogP contribution in [0.2, 0.25) is 0 Å². The minimum atomic E-state index is -4.81. The summed E-state index contributed by atoms with van der Waals surface area (Å²) in [6.07, 6.45) is -6.98. The van der Waals surface area contributed by atoms with E-state index in [1.165, 1.54) is 31.8 Å². The summed E-state index contributed by atoms with van der Waals surface area (Å²) in [6, 6.07) is -1.25. The van der Waals surface area contributed by atoms with Crippen molar-refractivity contribution in [1.82, 2.24) is 35.8 Å². The maximum atomic E-state index is 14.2. The normalized spacial score (nSPS) is 30.4. The lowest BCUT2D eigenvalue weighted by atomic mass is 9.74. The Balaban J connectivity index is 0.994. The van der Waals surface area contributed by atoms with E-state index in [2.05, 4.69) is 30.4 Å². The highest BCUT2D eigenvalue weighted by molar-refractivity contribution is 7.80. The van der Waals surface area contributed by atoms with E-state index >= 15 is 0 Å². The number of nitrogens with one attached hydrogen (secondary N) is 3. The number of Topliss-reactive ketones (excluding diaryl/α,β-unsaturated/α-hetero) is 1. The standard InChI is InChI=1S/C54H91N7O23S/c1-5-35-24-36(38(65)13-9-15-55-42(66)14-19-77-21-22-78-20-16-56-50(71)37-26-61(59-58-37)28-54(29-63,30-76-4)31-79-85(73,74)75)25-39(48(35)84-53-47(70)46(69)44(67)32(2)80-53)82-52-43(57-33(3)64)49(45(68)41(27-62)83-52)81-40(51(72)60-17-10-18-60)23-34-11-7-6-8-12-34/h26,32,34-36,39-41,43-49,52-53,62-63,67-70H,5-25,27-31H2,1-4H3,(H,55,66)(H,56,71)(H,57,64)(H,73,74,75)/t32?,35?,36?,39-,40+,41+,43?,44-,45+,46+,47?,48-,49?,52-,53+,54?/m1/s1. The van der Waals surface area contributed by atoms with E-state index in [1.807, 2.05) is 6.92 Å². The molecule has 5 aliphatic rings. The molecule has 2 aliphatic carbocycles. The molecule has 6 rings (SSSR count). The molecule has 2 saturated carbocycles. The summed E-state index contributed by atoms with van der Waals surface area (Å²) < 4.78 is 85.1. The van der Waals surface area contributed by atoms with Crippen LogP contribution >= 0.6 is 0 Å². The molecule has 4 amide bonds. The van der Waals surface area contributed by atoms with Gasteiger partial charge in [-0.05, 0) is 50.9 Å². The highest BCUT2D eigenvalue weighted by atomic mass is 32.3. The number of aliphatic hydroxyl groups is 6. The number of amides is 4. The van der Waals surface area contributed by atoms with Gasteiger partial charge in [-0.3, -0.25) is 33.2 Å². The lowest BCUT2D eigenvalue weighted by Gasteiger charge is -2.49. The molecule has 30 nitrogen and oxygen atoms in total. The maximum absolute atomic E-state index is 14.2. The number of nitrogens with zero attached hydrogens (tertiary/aromatic N) is 4. The lowest BCUT2D eigenvalue weighted by Crippen LogP contribution is -2.67. The van der Waals surface area contributed by atoms with Crippen molar-refractivity contribution in [3.05, 3.63) is 11.9 Å². The summed E-state index contributed by atoms with van der Waals surface area (Å²) in [5, 5.41) is 80.6. The van der Waals surface area contributed by atoms with Crippen molar-refractivity contribution in [2.24, 2.45) is 23.2 Å². The molecule has 3 aliphatic heterocycles. The molecule has 4 heterocycles. The minimum Gasteiger partial charge on any atom is -0.396 e. The van der Waals surface area contributed by atoms with Crippen LogP contribution in [0, 0.1) is 23.2 Å². The van der Waals surface area contributed by atoms with Crippen molar-refractivity contribution in [1.29, 1.82) is 0 Å². The van der Waals surface area contributed by atoms with E-state index in [4.69, 9.17) is 42.4 Å². The van der Waals surface area contributed by atoms with E-state index in [0.29, 0.717) is 38.8 Å². The van der Waals surface area contributed by atoms with Crippen molar-refractivity contribution < 1.29 is 110 Å². The van der Waals surface area contributed by atoms with E-state index in [0.717, 1.165) is 38.5 Å². The number of carbonyl (C=O) groups excluding carboxylic acids is 5. The first-order valence-electron chi connectivity index (χ1n) is 29.6. The molecular weight excluding hydrogens is 1150 g/mol. The number of rotatable bonds is 35.